The second-order valence-electron chi connectivity index (χ2n) is 4.03. The summed E-state index contributed by atoms with van der Waals surface area (Å²) in [6.45, 7) is 2.14. The highest BCUT2D eigenvalue weighted by atomic mass is 79.9. The topological polar surface area (TPSA) is 40.9 Å². The van der Waals surface area contributed by atoms with Gasteiger partial charge in [0.1, 0.15) is 6.29 Å². The Kier molecular flexibility index (Phi) is 3.88. The van der Waals surface area contributed by atoms with Gasteiger partial charge in [0.2, 0.25) is 0 Å². The highest BCUT2D eigenvalue weighted by molar-refractivity contribution is 9.11. The third kappa shape index (κ3) is 2.24. The molecule has 0 fully saturated rings. The lowest BCUT2D eigenvalue weighted by atomic mass is 9.73. The summed E-state index contributed by atoms with van der Waals surface area (Å²) >= 11 is 3.45. The first-order valence-corrected chi connectivity index (χ1v) is 5.63. The van der Waals surface area contributed by atoms with Gasteiger partial charge in [0.15, 0.2) is 0 Å². The van der Waals surface area contributed by atoms with E-state index in [1.54, 1.807) is 0 Å². The van der Waals surface area contributed by atoms with Crippen LogP contribution in [0.3, 0.4) is 0 Å². The van der Waals surface area contributed by atoms with Gasteiger partial charge in [0, 0.05) is 10.9 Å². The lowest BCUT2D eigenvalue weighted by molar-refractivity contribution is -0.115. The number of carbonyl (C=O) groups is 1. The summed E-state index contributed by atoms with van der Waals surface area (Å²) < 4.78 is 0.966. The first kappa shape index (κ1) is 11.5. The van der Waals surface area contributed by atoms with Crippen LogP contribution < -0.4 is 0 Å². The summed E-state index contributed by atoms with van der Waals surface area (Å²) in [4.78, 5) is 11.2. The molecule has 0 radical (unpaired) electrons. The smallest absolute Gasteiger partial charge is 0.131 e. The molecule has 1 aliphatic rings. The van der Waals surface area contributed by atoms with Crippen LogP contribution in [0.15, 0.2) is 10.6 Å². The lowest BCUT2D eigenvalue weighted by Gasteiger charge is -2.33. The maximum atomic E-state index is 11.2. The van der Waals surface area contributed by atoms with Gasteiger partial charge in [-0.3, -0.25) is 0 Å². The van der Waals surface area contributed by atoms with E-state index in [4.69, 9.17) is 5.26 Å². The minimum atomic E-state index is -0.423. The molecule has 0 spiro atoms. The number of carbonyl (C=O) groups excluding carboxylic acids is 1. The van der Waals surface area contributed by atoms with Crippen molar-refractivity contribution in [2.24, 2.45) is 11.3 Å². The Bertz CT molecular complexity index is 292. The molecule has 0 aromatic rings. The standard InChI is InChI=1S/C11H14BrNO/c1-9-3-4-10(12)11(7-9,8-14)5-2-6-13/h4,8-9H,2-3,5,7H2,1H3. The summed E-state index contributed by atoms with van der Waals surface area (Å²) in [5.41, 5.74) is -0.423. The van der Waals surface area contributed by atoms with Crippen molar-refractivity contribution in [1.82, 2.24) is 0 Å². The maximum Gasteiger partial charge on any atom is 0.131 e. The highest BCUT2D eigenvalue weighted by Crippen LogP contribution is 2.44. The maximum absolute atomic E-state index is 11.2. The molecule has 2 atom stereocenters. The van der Waals surface area contributed by atoms with Crippen molar-refractivity contribution in [3.8, 4) is 6.07 Å². The Morgan fingerprint density at radius 3 is 3.14 bits per heavy atom. The molecule has 1 rings (SSSR count). The Morgan fingerprint density at radius 1 is 1.86 bits per heavy atom. The third-order valence-electron chi connectivity index (χ3n) is 2.80. The number of nitriles is 1. The van der Waals surface area contributed by atoms with Crippen molar-refractivity contribution < 1.29 is 4.79 Å². The van der Waals surface area contributed by atoms with Gasteiger partial charge >= 0.3 is 0 Å². The van der Waals surface area contributed by atoms with Gasteiger partial charge in [-0.2, -0.15) is 5.26 Å². The largest absolute Gasteiger partial charge is 0.302 e. The molecule has 0 heterocycles. The van der Waals surface area contributed by atoms with Crippen molar-refractivity contribution in [2.45, 2.75) is 32.6 Å². The fourth-order valence-electron chi connectivity index (χ4n) is 1.97. The van der Waals surface area contributed by atoms with Crippen LogP contribution in [0.4, 0.5) is 0 Å². The van der Waals surface area contributed by atoms with Crippen molar-refractivity contribution in [3.63, 3.8) is 0 Å². The first-order valence-electron chi connectivity index (χ1n) is 4.84. The van der Waals surface area contributed by atoms with E-state index in [-0.39, 0.29) is 0 Å². The van der Waals surface area contributed by atoms with Crippen LogP contribution in [-0.2, 0) is 4.79 Å². The average Bonchev–Trinajstić information content (AvgIpc) is 2.20. The minimum absolute atomic E-state index is 0.423. The predicted octanol–water partition coefficient (Wildman–Crippen LogP) is 3.18. The molecule has 76 valence electrons. The molecule has 1 aliphatic carbocycles. The number of rotatable bonds is 3. The average molecular weight is 256 g/mol. The van der Waals surface area contributed by atoms with Gasteiger partial charge in [-0.25, -0.2) is 0 Å². The molecule has 0 aliphatic heterocycles. The van der Waals surface area contributed by atoms with E-state index in [9.17, 15) is 4.79 Å². The lowest BCUT2D eigenvalue weighted by Crippen LogP contribution is -2.28. The molecule has 2 nitrogen and oxygen atoms in total. The van der Waals surface area contributed by atoms with Crippen molar-refractivity contribution in [3.05, 3.63) is 10.6 Å². The summed E-state index contributed by atoms with van der Waals surface area (Å²) in [5.74, 6) is 0.528. The number of hydrogen-bond donors (Lipinski definition) is 0. The second kappa shape index (κ2) is 4.75. The second-order valence-corrected chi connectivity index (χ2v) is 4.88. The Hall–Kier alpha value is -0.620. The molecule has 3 heteroatoms. The zero-order valence-electron chi connectivity index (χ0n) is 8.29. The van der Waals surface area contributed by atoms with E-state index in [0.717, 1.165) is 23.6 Å². The predicted molar refractivity (Wildman–Crippen MR) is 58.8 cm³/mol. The number of aldehydes is 1. The third-order valence-corrected chi connectivity index (χ3v) is 3.91. The fourth-order valence-corrected chi connectivity index (χ4v) is 2.61. The van der Waals surface area contributed by atoms with Crippen LogP contribution in [0.2, 0.25) is 0 Å². The summed E-state index contributed by atoms with van der Waals surface area (Å²) in [5, 5.41) is 8.56. The van der Waals surface area contributed by atoms with Crippen LogP contribution in [0.1, 0.15) is 32.6 Å². The van der Waals surface area contributed by atoms with E-state index in [0.29, 0.717) is 18.8 Å². The van der Waals surface area contributed by atoms with Gasteiger partial charge in [-0.1, -0.05) is 28.9 Å². The highest BCUT2D eigenvalue weighted by Gasteiger charge is 2.36. The van der Waals surface area contributed by atoms with E-state index in [2.05, 4.69) is 35.0 Å². The SMILES string of the molecule is CC1CC=C(Br)C(C=O)(CCC#N)C1. The number of allylic oxidation sites excluding steroid dienone is 2. The van der Waals surface area contributed by atoms with E-state index >= 15 is 0 Å². The van der Waals surface area contributed by atoms with Gasteiger partial charge in [0.25, 0.3) is 0 Å². The van der Waals surface area contributed by atoms with Crippen molar-refractivity contribution in [2.75, 3.05) is 0 Å². The number of nitrogens with zero attached hydrogens (tertiary/aromatic N) is 1. The molecular formula is C11H14BrNO. The monoisotopic (exact) mass is 255 g/mol. The molecule has 0 amide bonds. The van der Waals surface area contributed by atoms with Crippen LogP contribution in [-0.4, -0.2) is 6.29 Å². The van der Waals surface area contributed by atoms with Gasteiger partial charge in [-0.05, 0) is 25.2 Å². The normalized spacial score (nSPS) is 31.8. The van der Waals surface area contributed by atoms with Crippen LogP contribution in [0.25, 0.3) is 0 Å². The first-order chi connectivity index (χ1) is 6.64. The van der Waals surface area contributed by atoms with Gasteiger partial charge in [0.05, 0.1) is 11.5 Å². The minimum Gasteiger partial charge on any atom is -0.302 e. The molecule has 2 unspecified atom stereocenters. The number of hydrogen-bond acceptors (Lipinski definition) is 2. The van der Waals surface area contributed by atoms with Crippen LogP contribution in [0.5, 0.6) is 0 Å². The molecule has 0 bridgehead atoms. The quantitative estimate of drug-likeness (QED) is 0.727. The van der Waals surface area contributed by atoms with Gasteiger partial charge < -0.3 is 4.79 Å². The molecule has 0 aromatic heterocycles. The molecule has 14 heavy (non-hydrogen) atoms. The Balaban J connectivity index is 2.86. The van der Waals surface area contributed by atoms with Crippen molar-refractivity contribution in [1.29, 1.82) is 5.26 Å². The molecule has 0 saturated heterocycles. The summed E-state index contributed by atoms with van der Waals surface area (Å²) in [7, 11) is 0. The number of halogens is 1. The van der Waals surface area contributed by atoms with Gasteiger partial charge in [-0.15, -0.1) is 0 Å². The van der Waals surface area contributed by atoms with Crippen LogP contribution >= 0.6 is 15.9 Å². The molecule has 0 N–H and O–H groups in total. The zero-order valence-corrected chi connectivity index (χ0v) is 9.88. The Labute approximate surface area is 93.1 Å². The molecule has 0 saturated carbocycles. The summed E-state index contributed by atoms with van der Waals surface area (Å²) in [6.07, 6.45) is 6.02. The summed E-state index contributed by atoms with van der Waals surface area (Å²) in [6, 6.07) is 2.10. The van der Waals surface area contributed by atoms with E-state index in [1.165, 1.54) is 0 Å². The van der Waals surface area contributed by atoms with E-state index < -0.39 is 5.41 Å². The fraction of sp³-hybridized carbons (Fsp3) is 0.636. The van der Waals surface area contributed by atoms with Crippen LogP contribution in [0, 0.1) is 22.7 Å². The molecule has 0 aromatic carbocycles. The van der Waals surface area contributed by atoms with Crippen molar-refractivity contribution >= 4 is 22.2 Å². The zero-order chi connectivity index (χ0) is 10.6. The molecular weight excluding hydrogens is 242 g/mol. The van der Waals surface area contributed by atoms with E-state index in [1.807, 2.05) is 0 Å². The Morgan fingerprint density at radius 2 is 2.57 bits per heavy atom.